The quantitative estimate of drug-likeness (QED) is 0.797. The van der Waals surface area contributed by atoms with E-state index in [0.717, 1.165) is 36.8 Å². The zero-order valence-corrected chi connectivity index (χ0v) is 14.5. The fourth-order valence-electron chi connectivity index (χ4n) is 2.53. The van der Waals surface area contributed by atoms with E-state index in [1.165, 1.54) is 12.8 Å². The van der Waals surface area contributed by atoms with Gasteiger partial charge in [-0.25, -0.2) is 9.97 Å². The molecule has 0 spiro atoms. The van der Waals surface area contributed by atoms with Crippen LogP contribution < -0.4 is 4.90 Å². The van der Waals surface area contributed by atoms with Crippen molar-refractivity contribution in [2.75, 3.05) is 25.1 Å². The Bertz CT molecular complexity index is 493. The molecular weight excluding hydrogens is 286 g/mol. The molecule has 1 aliphatic rings. The van der Waals surface area contributed by atoms with Gasteiger partial charge in [0.25, 0.3) is 0 Å². The van der Waals surface area contributed by atoms with E-state index < -0.39 is 0 Å². The van der Waals surface area contributed by atoms with Crippen molar-refractivity contribution >= 4 is 17.4 Å². The molecule has 0 aromatic carbocycles. The highest BCUT2D eigenvalue weighted by Gasteiger charge is 2.23. The number of halogens is 1. The first kappa shape index (κ1) is 16.5. The van der Waals surface area contributed by atoms with Crippen LogP contribution in [0.5, 0.6) is 0 Å². The third-order valence-corrected chi connectivity index (χ3v) is 4.21. The second-order valence-electron chi connectivity index (χ2n) is 6.91. The number of hydrogen-bond acceptors (Lipinski definition) is 4. The summed E-state index contributed by atoms with van der Waals surface area (Å²) in [5.41, 5.74) is 0.817. The van der Waals surface area contributed by atoms with Crippen LogP contribution in [0.1, 0.15) is 51.4 Å². The molecule has 1 aliphatic heterocycles. The smallest absolute Gasteiger partial charge is 0.137 e. The maximum atomic E-state index is 6.30. The summed E-state index contributed by atoms with van der Waals surface area (Å²) in [4.78, 5) is 11.3. The highest BCUT2D eigenvalue weighted by Crippen LogP contribution is 2.28. The summed E-state index contributed by atoms with van der Waals surface area (Å²) in [6.45, 7) is 9.99. The van der Waals surface area contributed by atoms with Crippen molar-refractivity contribution in [3.63, 3.8) is 0 Å². The van der Waals surface area contributed by atoms with Crippen LogP contribution >= 0.6 is 11.6 Å². The number of likely N-dealkylation sites (N-methyl/N-ethyl adjacent to an activating group) is 1. The Balaban J connectivity index is 2.22. The summed E-state index contributed by atoms with van der Waals surface area (Å²) in [7, 11) is 2.05. The maximum Gasteiger partial charge on any atom is 0.137 e. The Morgan fingerprint density at radius 2 is 2.00 bits per heavy atom. The monoisotopic (exact) mass is 311 g/mol. The molecule has 0 saturated carbocycles. The molecule has 5 heteroatoms. The Morgan fingerprint density at radius 1 is 1.29 bits per heavy atom. The summed E-state index contributed by atoms with van der Waals surface area (Å²) in [5, 5.41) is 0.543. The van der Waals surface area contributed by atoms with E-state index >= 15 is 0 Å². The molecule has 0 amide bonds. The highest BCUT2D eigenvalue weighted by molar-refractivity contribution is 6.30. The van der Waals surface area contributed by atoms with E-state index in [2.05, 4.69) is 37.7 Å². The minimum atomic E-state index is -0.117. The van der Waals surface area contributed by atoms with Crippen molar-refractivity contribution in [3.8, 4) is 0 Å². The number of hydrogen-bond donors (Lipinski definition) is 0. The number of anilines is 1. The minimum absolute atomic E-state index is 0.117. The van der Waals surface area contributed by atoms with Crippen LogP contribution in [0.2, 0.25) is 5.15 Å². The molecule has 0 aliphatic carbocycles. The van der Waals surface area contributed by atoms with Gasteiger partial charge < -0.3 is 9.64 Å². The second-order valence-corrected chi connectivity index (χ2v) is 7.26. The Labute approximate surface area is 132 Å². The lowest BCUT2D eigenvalue weighted by Crippen LogP contribution is -2.34. The minimum Gasteiger partial charge on any atom is -0.376 e. The van der Waals surface area contributed by atoms with Crippen molar-refractivity contribution in [1.29, 1.82) is 0 Å². The van der Waals surface area contributed by atoms with Gasteiger partial charge >= 0.3 is 0 Å². The van der Waals surface area contributed by atoms with Gasteiger partial charge in [0.15, 0.2) is 0 Å². The topological polar surface area (TPSA) is 38.2 Å². The van der Waals surface area contributed by atoms with E-state index in [0.29, 0.717) is 5.15 Å². The van der Waals surface area contributed by atoms with Gasteiger partial charge in [-0.15, -0.1) is 0 Å². The molecular formula is C16H26ClN3O. The van der Waals surface area contributed by atoms with Gasteiger partial charge in [-0.2, -0.15) is 0 Å². The van der Waals surface area contributed by atoms with E-state index in [-0.39, 0.29) is 11.5 Å². The molecule has 2 heterocycles. The number of aromatic nitrogens is 2. The van der Waals surface area contributed by atoms with E-state index in [9.17, 15) is 0 Å². The fourth-order valence-corrected chi connectivity index (χ4v) is 2.69. The van der Waals surface area contributed by atoms with Crippen molar-refractivity contribution < 1.29 is 4.74 Å². The summed E-state index contributed by atoms with van der Waals surface area (Å²) in [5.74, 6) is 1.69. The third kappa shape index (κ3) is 4.07. The standard InChI is InChI=1S/C16H26ClN3O/c1-11-13(17)18-15(16(2,3)4)19-14(11)20(5)10-12-8-6-7-9-21-12/h12H,6-10H2,1-5H3. The zero-order chi connectivity index (χ0) is 15.6. The second kappa shape index (κ2) is 6.49. The zero-order valence-electron chi connectivity index (χ0n) is 13.7. The van der Waals surface area contributed by atoms with Crippen molar-refractivity contribution in [1.82, 2.24) is 9.97 Å². The largest absolute Gasteiger partial charge is 0.376 e. The number of nitrogens with zero attached hydrogens (tertiary/aromatic N) is 3. The SMILES string of the molecule is Cc1c(Cl)nc(C(C)(C)C)nc1N(C)CC1CCCCO1. The van der Waals surface area contributed by atoms with E-state index in [1.54, 1.807) is 0 Å². The fraction of sp³-hybridized carbons (Fsp3) is 0.750. The molecule has 1 aromatic heterocycles. The van der Waals surface area contributed by atoms with Crippen LogP contribution in [0.15, 0.2) is 0 Å². The molecule has 2 rings (SSSR count). The van der Waals surface area contributed by atoms with E-state index in [4.69, 9.17) is 21.3 Å². The lowest BCUT2D eigenvalue weighted by molar-refractivity contribution is 0.0215. The number of ether oxygens (including phenoxy) is 1. The van der Waals surface area contributed by atoms with Gasteiger partial charge in [0, 0.05) is 31.2 Å². The average Bonchev–Trinajstić information content (AvgIpc) is 2.41. The van der Waals surface area contributed by atoms with Crippen LogP contribution in [-0.4, -0.2) is 36.3 Å². The summed E-state index contributed by atoms with van der Waals surface area (Å²) >= 11 is 6.30. The van der Waals surface area contributed by atoms with Crippen LogP contribution in [0, 0.1) is 6.92 Å². The Kier molecular flexibility index (Phi) is 5.10. The molecule has 118 valence electrons. The van der Waals surface area contributed by atoms with Crippen LogP contribution in [-0.2, 0) is 10.2 Å². The third-order valence-electron chi connectivity index (χ3n) is 3.84. The van der Waals surface area contributed by atoms with Crippen molar-refractivity contribution in [3.05, 3.63) is 16.5 Å². The lowest BCUT2D eigenvalue weighted by Gasteiger charge is -2.29. The molecule has 0 N–H and O–H groups in total. The summed E-state index contributed by atoms with van der Waals surface area (Å²) in [6.07, 6.45) is 3.83. The molecule has 21 heavy (non-hydrogen) atoms. The average molecular weight is 312 g/mol. The molecule has 1 unspecified atom stereocenters. The van der Waals surface area contributed by atoms with Gasteiger partial charge in [-0.05, 0) is 26.2 Å². The molecule has 1 atom stereocenters. The molecule has 0 radical (unpaired) electrons. The highest BCUT2D eigenvalue weighted by atomic mass is 35.5. The molecule has 1 saturated heterocycles. The van der Waals surface area contributed by atoms with Crippen LogP contribution in [0.4, 0.5) is 5.82 Å². The Hall–Kier alpha value is -0.870. The maximum absolute atomic E-state index is 6.30. The normalized spacial score (nSPS) is 19.6. The molecule has 1 fully saturated rings. The predicted molar refractivity (Wildman–Crippen MR) is 87.3 cm³/mol. The van der Waals surface area contributed by atoms with Gasteiger partial charge in [-0.3, -0.25) is 0 Å². The molecule has 4 nitrogen and oxygen atoms in total. The first-order valence-electron chi connectivity index (χ1n) is 7.66. The summed E-state index contributed by atoms with van der Waals surface area (Å²) < 4.78 is 5.82. The predicted octanol–water partition coefficient (Wildman–Crippen LogP) is 3.74. The molecule has 1 aromatic rings. The van der Waals surface area contributed by atoms with Gasteiger partial charge in [0.05, 0.1) is 6.10 Å². The summed E-state index contributed by atoms with van der Waals surface area (Å²) in [6, 6.07) is 0. The molecule has 0 bridgehead atoms. The van der Waals surface area contributed by atoms with E-state index in [1.807, 2.05) is 6.92 Å². The van der Waals surface area contributed by atoms with Gasteiger partial charge in [0.2, 0.25) is 0 Å². The van der Waals surface area contributed by atoms with Gasteiger partial charge in [-0.1, -0.05) is 32.4 Å². The lowest BCUT2D eigenvalue weighted by atomic mass is 9.95. The van der Waals surface area contributed by atoms with Crippen LogP contribution in [0.3, 0.4) is 0 Å². The van der Waals surface area contributed by atoms with Crippen molar-refractivity contribution in [2.45, 2.75) is 58.5 Å². The van der Waals surface area contributed by atoms with Crippen LogP contribution in [0.25, 0.3) is 0 Å². The number of rotatable bonds is 3. The van der Waals surface area contributed by atoms with Crippen molar-refractivity contribution in [2.24, 2.45) is 0 Å². The Morgan fingerprint density at radius 3 is 2.57 bits per heavy atom. The first-order chi connectivity index (χ1) is 9.79. The first-order valence-corrected chi connectivity index (χ1v) is 8.04. The van der Waals surface area contributed by atoms with Gasteiger partial charge in [0.1, 0.15) is 16.8 Å².